The Hall–Kier alpha value is 0.700. The molecule has 2 heteroatoms. The predicted molar refractivity (Wildman–Crippen MR) is 83.2 cm³/mol. The van der Waals surface area contributed by atoms with Crippen molar-refractivity contribution >= 4 is 25.3 Å². The molecule has 0 atom stereocenters. The number of hydrogen-bond donors (Lipinski definition) is 2. The van der Waals surface area contributed by atoms with Gasteiger partial charge >= 0.3 is 0 Å². The van der Waals surface area contributed by atoms with Crippen LogP contribution in [0.5, 0.6) is 0 Å². The Kier molecular flexibility index (Phi) is 4.79. The Morgan fingerprint density at radius 3 is 1.24 bits per heavy atom. The number of rotatable bonds is 2. The Balaban J connectivity index is 1.93. The van der Waals surface area contributed by atoms with Crippen molar-refractivity contribution in [3.63, 3.8) is 0 Å². The van der Waals surface area contributed by atoms with E-state index in [4.69, 9.17) is 0 Å². The summed E-state index contributed by atoms with van der Waals surface area (Å²) >= 11 is 9.25. The monoisotopic (exact) mass is 272 g/mol. The molecule has 0 aromatic carbocycles. The SMILES string of the molecule is CC(C)(C1CCC(S)CC1)C1CCC(S)CC1. The molecule has 0 radical (unpaired) electrons. The fraction of sp³-hybridized carbons (Fsp3) is 1.00. The van der Waals surface area contributed by atoms with Crippen LogP contribution in [0.2, 0.25) is 0 Å². The zero-order valence-corrected chi connectivity index (χ0v) is 13.1. The van der Waals surface area contributed by atoms with Crippen LogP contribution in [0.25, 0.3) is 0 Å². The van der Waals surface area contributed by atoms with Gasteiger partial charge < -0.3 is 0 Å². The van der Waals surface area contributed by atoms with Gasteiger partial charge in [-0.1, -0.05) is 13.8 Å². The fourth-order valence-corrected chi connectivity index (χ4v) is 4.57. The molecule has 2 saturated carbocycles. The Bertz CT molecular complexity index is 209. The quantitative estimate of drug-likeness (QED) is 0.650. The van der Waals surface area contributed by atoms with Gasteiger partial charge in [0.2, 0.25) is 0 Å². The summed E-state index contributed by atoms with van der Waals surface area (Å²) in [6, 6.07) is 0. The highest BCUT2D eigenvalue weighted by molar-refractivity contribution is 7.81. The van der Waals surface area contributed by atoms with E-state index in [0.29, 0.717) is 15.9 Å². The molecule has 2 aliphatic rings. The van der Waals surface area contributed by atoms with Crippen molar-refractivity contribution < 1.29 is 0 Å². The third kappa shape index (κ3) is 3.37. The van der Waals surface area contributed by atoms with Crippen molar-refractivity contribution in [3.05, 3.63) is 0 Å². The second kappa shape index (κ2) is 5.77. The zero-order valence-electron chi connectivity index (χ0n) is 11.4. The molecule has 0 bridgehead atoms. The summed E-state index contributed by atoms with van der Waals surface area (Å²) in [5.41, 5.74) is 0.543. The van der Waals surface area contributed by atoms with Crippen molar-refractivity contribution in [2.45, 2.75) is 75.7 Å². The van der Waals surface area contributed by atoms with E-state index in [2.05, 4.69) is 39.1 Å². The zero-order chi connectivity index (χ0) is 12.5. The topological polar surface area (TPSA) is 0 Å². The molecule has 0 N–H and O–H groups in total. The maximum Gasteiger partial charge on any atom is 0.00170 e. The van der Waals surface area contributed by atoms with Crippen LogP contribution >= 0.6 is 25.3 Å². The average Bonchev–Trinajstić information content (AvgIpc) is 2.30. The van der Waals surface area contributed by atoms with E-state index in [9.17, 15) is 0 Å². The third-order valence-corrected chi connectivity index (χ3v) is 6.53. The first-order valence-electron chi connectivity index (χ1n) is 7.36. The normalized spacial score (nSPS) is 40.2. The first-order chi connectivity index (χ1) is 8.00. The van der Waals surface area contributed by atoms with E-state index in [1.54, 1.807) is 0 Å². The highest BCUT2D eigenvalue weighted by Crippen LogP contribution is 2.49. The maximum atomic E-state index is 4.63. The Morgan fingerprint density at radius 1 is 0.647 bits per heavy atom. The van der Waals surface area contributed by atoms with Crippen LogP contribution in [0.1, 0.15) is 65.2 Å². The van der Waals surface area contributed by atoms with Gasteiger partial charge in [-0.15, -0.1) is 0 Å². The van der Waals surface area contributed by atoms with Crippen LogP contribution in [-0.2, 0) is 0 Å². The van der Waals surface area contributed by atoms with Crippen molar-refractivity contribution in [3.8, 4) is 0 Å². The van der Waals surface area contributed by atoms with Crippen LogP contribution < -0.4 is 0 Å². The maximum absolute atomic E-state index is 4.63. The van der Waals surface area contributed by atoms with Crippen molar-refractivity contribution in [1.82, 2.24) is 0 Å². The Labute approximate surface area is 118 Å². The third-order valence-electron chi connectivity index (χ3n) is 5.50. The van der Waals surface area contributed by atoms with Gasteiger partial charge in [-0.2, -0.15) is 25.3 Å². The van der Waals surface area contributed by atoms with Crippen molar-refractivity contribution in [2.24, 2.45) is 17.3 Å². The summed E-state index contributed by atoms with van der Waals surface area (Å²) in [5, 5.41) is 1.35. The van der Waals surface area contributed by atoms with E-state index in [1.807, 2.05) is 0 Å². The van der Waals surface area contributed by atoms with Crippen LogP contribution in [0.4, 0.5) is 0 Å². The summed E-state index contributed by atoms with van der Waals surface area (Å²) in [6.45, 7) is 5.06. The van der Waals surface area contributed by atoms with E-state index in [-0.39, 0.29) is 0 Å². The van der Waals surface area contributed by atoms with Crippen LogP contribution in [-0.4, -0.2) is 10.5 Å². The van der Waals surface area contributed by atoms with Gasteiger partial charge in [-0.25, -0.2) is 0 Å². The minimum absolute atomic E-state index is 0.543. The second-order valence-electron chi connectivity index (χ2n) is 6.83. The molecule has 0 aromatic heterocycles. The van der Waals surface area contributed by atoms with E-state index in [1.165, 1.54) is 51.4 Å². The lowest BCUT2D eigenvalue weighted by Gasteiger charge is -2.46. The molecule has 2 rings (SSSR count). The lowest BCUT2D eigenvalue weighted by atomic mass is 9.61. The molecule has 2 aliphatic carbocycles. The molecule has 2 fully saturated rings. The smallest absolute Gasteiger partial charge is 0.00170 e. The molecule has 0 spiro atoms. The fourth-order valence-electron chi connectivity index (χ4n) is 3.97. The van der Waals surface area contributed by atoms with E-state index in [0.717, 1.165) is 11.8 Å². The standard InChI is InChI=1S/C15H28S2/c1-15(2,11-3-7-13(16)8-4-11)12-5-9-14(17)10-6-12/h11-14,16-17H,3-10H2,1-2H3. The molecule has 0 amide bonds. The molecule has 17 heavy (non-hydrogen) atoms. The van der Waals surface area contributed by atoms with Gasteiger partial charge in [-0.3, -0.25) is 0 Å². The van der Waals surface area contributed by atoms with Gasteiger partial charge in [-0.05, 0) is 68.6 Å². The molecule has 0 nitrogen and oxygen atoms in total. The highest BCUT2D eigenvalue weighted by Gasteiger charge is 2.39. The van der Waals surface area contributed by atoms with Crippen LogP contribution in [0, 0.1) is 17.3 Å². The van der Waals surface area contributed by atoms with Gasteiger partial charge in [0.1, 0.15) is 0 Å². The summed E-state index contributed by atoms with van der Waals surface area (Å²) in [6.07, 6.45) is 10.9. The summed E-state index contributed by atoms with van der Waals surface area (Å²) in [5.74, 6) is 1.87. The summed E-state index contributed by atoms with van der Waals surface area (Å²) in [7, 11) is 0. The van der Waals surface area contributed by atoms with Gasteiger partial charge in [0.05, 0.1) is 0 Å². The van der Waals surface area contributed by atoms with Crippen LogP contribution in [0.3, 0.4) is 0 Å². The van der Waals surface area contributed by atoms with Gasteiger partial charge in [0.25, 0.3) is 0 Å². The Morgan fingerprint density at radius 2 is 0.941 bits per heavy atom. The molecule has 0 saturated heterocycles. The van der Waals surface area contributed by atoms with Gasteiger partial charge in [0, 0.05) is 10.5 Å². The molecule has 0 aliphatic heterocycles. The molecule has 0 unspecified atom stereocenters. The second-order valence-corrected chi connectivity index (χ2v) is 8.29. The van der Waals surface area contributed by atoms with Crippen molar-refractivity contribution in [1.29, 1.82) is 0 Å². The largest absolute Gasteiger partial charge is 0.176 e. The van der Waals surface area contributed by atoms with E-state index >= 15 is 0 Å². The molecular weight excluding hydrogens is 244 g/mol. The van der Waals surface area contributed by atoms with Crippen LogP contribution in [0.15, 0.2) is 0 Å². The average molecular weight is 273 g/mol. The van der Waals surface area contributed by atoms with E-state index < -0.39 is 0 Å². The number of hydrogen-bond acceptors (Lipinski definition) is 2. The molecule has 0 aromatic rings. The molecule has 0 heterocycles. The highest BCUT2D eigenvalue weighted by atomic mass is 32.1. The number of thiol groups is 2. The first kappa shape index (κ1) is 14.1. The molecular formula is C15H28S2. The molecule has 100 valence electrons. The lowest BCUT2D eigenvalue weighted by molar-refractivity contribution is 0.0610. The van der Waals surface area contributed by atoms with Gasteiger partial charge in [0.15, 0.2) is 0 Å². The first-order valence-corrected chi connectivity index (χ1v) is 8.39. The summed E-state index contributed by atoms with van der Waals surface area (Å²) in [4.78, 5) is 0. The predicted octanol–water partition coefficient (Wildman–Crippen LogP) is 4.99. The van der Waals surface area contributed by atoms with Crippen molar-refractivity contribution in [2.75, 3.05) is 0 Å². The summed E-state index contributed by atoms with van der Waals surface area (Å²) < 4.78 is 0. The minimum atomic E-state index is 0.543. The lowest BCUT2D eigenvalue weighted by Crippen LogP contribution is -2.37. The minimum Gasteiger partial charge on any atom is -0.176 e.